The maximum absolute atomic E-state index is 12.6. The average Bonchev–Trinajstić information content (AvgIpc) is 2.97. The van der Waals surface area contributed by atoms with Crippen molar-refractivity contribution >= 4 is 29.0 Å². The summed E-state index contributed by atoms with van der Waals surface area (Å²) in [4.78, 5) is 12.6. The first kappa shape index (κ1) is 21.5. The third kappa shape index (κ3) is 4.68. The SMILES string of the molecule is COc1cc(OC)c(NC(=O)Nc2c(C)nn(Cc3ccc(C)cc3)c2C)cc1Cl. The molecule has 2 aromatic carbocycles. The van der Waals surface area contributed by atoms with Gasteiger partial charge in [-0.2, -0.15) is 5.10 Å². The van der Waals surface area contributed by atoms with E-state index in [1.54, 1.807) is 12.1 Å². The van der Waals surface area contributed by atoms with Crippen LogP contribution in [-0.4, -0.2) is 30.0 Å². The minimum Gasteiger partial charge on any atom is -0.495 e. The Morgan fingerprint density at radius 3 is 2.33 bits per heavy atom. The van der Waals surface area contributed by atoms with Crippen LogP contribution in [0.4, 0.5) is 16.2 Å². The first-order chi connectivity index (χ1) is 14.3. The summed E-state index contributed by atoms with van der Waals surface area (Å²) in [6.07, 6.45) is 0. The third-order valence-electron chi connectivity index (χ3n) is 4.80. The van der Waals surface area contributed by atoms with Crippen LogP contribution in [0.1, 0.15) is 22.5 Å². The van der Waals surface area contributed by atoms with Crippen molar-refractivity contribution in [2.45, 2.75) is 27.3 Å². The molecule has 3 rings (SSSR count). The molecule has 7 nitrogen and oxygen atoms in total. The molecular weight excluding hydrogens is 404 g/mol. The van der Waals surface area contributed by atoms with E-state index in [-0.39, 0.29) is 0 Å². The predicted molar refractivity (Wildman–Crippen MR) is 119 cm³/mol. The van der Waals surface area contributed by atoms with Gasteiger partial charge in [0.05, 0.1) is 48.5 Å². The van der Waals surface area contributed by atoms with Gasteiger partial charge in [0.25, 0.3) is 0 Å². The molecule has 0 saturated carbocycles. The van der Waals surface area contributed by atoms with E-state index in [9.17, 15) is 4.79 Å². The fourth-order valence-corrected chi connectivity index (χ4v) is 3.36. The number of amides is 2. The van der Waals surface area contributed by atoms with E-state index >= 15 is 0 Å². The number of carbonyl (C=O) groups excluding carboxylic acids is 1. The second-order valence-corrected chi connectivity index (χ2v) is 7.36. The lowest BCUT2D eigenvalue weighted by atomic mass is 10.1. The molecule has 0 aliphatic heterocycles. The van der Waals surface area contributed by atoms with E-state index in [4.69, 9.17) is 21.1 Å². The molecule has 0 spiro atoms. The zero-order valence-corrected chi connectivity index (χ0v) is 18.4. The number of ether oxygens (including phenoxy) is 2. The zero-order valence-electron chi connectivity index (χ0n) is 17.7. The van der Waals surface area contributed by atoms with Crippen molar-refractivity contribution in [3.8, 4) is 11.5 Å². The van der Waals surface area contributed by atoms with Crippen molar-refractivity contribution in [3.63, 3.8) is 0 Å². The van der Waals surface area contributed by atoms with Gasteiger partial charge in [0.2, 0.25) is 0 Å². The number of hydrogen-bond acceptors (Lipinski definition) is 4. The number of carbonyl (C=O) groups is 1. The molecule has 8 heteroatoms. The van der Waals surface area contributed by atoms with Crippen LogP contribution < -0.4 is 20.1 Å². The molecule has 0 aliphatic rings. The van der Waals surface area contributed by atoms with Crippen LogP contribution in [0.3, 0.4) is 0 Å². The number of hydrogen-bond donors (Lipinski definition) is 2. The van der Waals surface area contributed by atoms with Gasteiger partial charge in [-0.1, -0.05) is 41.4 Å². The quantitative estimate of drug-likeness (QED) is 0.567. The molecule has 1 aromatic heterocycles. The summed E-state index contributed by atoms with van der Waals surface area (Å²) >= 11 is 6.18. The Bertz CT molecular complexity index is 1060. The fraction of sp³-hybridized carbons (Fsp3) is 0.273. The van der Waals surface area contributed by atoms with Crippen LogP contribution in [0.25, 0.3) is 0 Å². The van der Waals surface area contributed by atoms with Gasteiger partial charge < -0.3 is 20.1 Å². The second kappa shape index (κ2) is 9.09. The van der Waals surface area contributed by atoms with Gasteiger partial charge in [-0.15, -0.1) is 0 Å². The smallest absolute Gasteiger partial charge is 0.323 e. The predicted octanol–water partition coefficient (Wildman–Crippen LogP) is 5.17. The lowest BCUT2D eigenvalue weighted by Gasteiger charge is -2.14. The van der Waals surface area contributed by atoms with E-state index in [0.29, 0.717) is 34.4 Å². The number of aryl methyl sites for hydroxylation is 2. The number of aromatic nitrogens is 2. The van der Waals surface area contributed by atoms with Crippen LogP contribution in [0.5, 0.6) is 11.5 Å². The van der Waals surface area contributed by atoms with Crippen molar-refractivity contribution in [3.05, 3.63) is 63.9 Å². The fourth-order valence-electron chi connectivity index (χ4n) is 3.12. The Kier molecular flexibility index (Phi) is 6.52. The summed E-state index contributed by atoms with van der Waals surface area (Å²) in [5.74, 6) is 0.901. The lowest BCUT2D eigenvalue weighted by Crippen LogP contribution is -2.20. The molecule has 3 aromatic rings. The standard InChI is InChI=1S/C22H25ClN4O3/c1-13-6-8-16(9-7-13)12-27-15(3)21(14(2)26-27)25-22(28)24-18-10-17(23)19(29-4)11-20(18)30-5/h6-11H,12H2,1-5H3,(H2,24,25,28). The van der Waals surface area contributed by atoms with Crippen LogP contribution in [0.2, 0.25) is 5.02 Å². The molecule has 30 heavy (non-hydrogen) atoms. The highest BCUT2D eigenvalue weighted by atomic mass is 35.5. The van der Waals surface area contributed by atoms with E-state index in [1.807, 2.05) is 18.5 Å². The van der Waals surface area contributed by atoms with Gasteiger partial charge in [0, 0.05) is 6.07 Å². The van der Waals surface area contributed by atoms with E-state index in [1.165, 1.54) is 19.8 Å². The first-order valence-corrected chi connectivity index (χ1v) is 9.79. The summed E-state index contributed by atoms with van der Waals surface area (Å²) in [5, 5.41) is 10.6. The Morgan fingerprint density at radius 1 is 1.03 bits per heavy atom. The number of benzene rings is 2. The molecule has 0 aliphatic carbocycles. The van der Waals surface area contributed by atoms with Crippen LogP contribution in [0.15, 0.2) is 36.4 Å². The molecule has 0 unspecified atom stereocenters. The highest BCUT2D eigenvalue weighted by Crippen LogP contribution is 2.36. The summed E-state index contributed by atoms with van der Waals surface area (Å²) in [6.45, 7) is 6.46. The molecule has 0 fully saturated rings. The maximum atomic E-state index is 12.6. The molecule has 0 radical (unpaired) electrons. The van der Waals surface area contributed by atoms with Crippen molar-refractivity contribution in [2.75, 3.05) is 24.9 Å². The summed E-state index contributed by atoms with van der Waals surface area (Å²) in [6, 6.07) is 11.1. The monoisotopic (exact) mass is 428 g/mol. The molecule has 1 heterocycles. The third-order valence-corrected chi connectivity index (χ3v) is 5.09. The Hall–Kier alpha value is -3.19. The van der Waals surface area contributed by atoms with Crippen LogP contribution in [0, 0.1) is 20.8 Å². The first-order valence-electron chi connectivity index (χ1n) is 9.41. The summed E-state index contributed by atoms with van der Waals surface area (Å²) in [7, 11) is 3.02. The van der Waals surface area contributed by atoms with Gasteiger partial charge in [0.15, 0.2) is 0 Å². The summed E-state index contributed by atoms with van der Waals surface area (Å²) in [5.41, 5.74) is 5.04. The van der Waals surface area contributed by atoms with Gasteiger partial charge in [0.1, 0.15) is 11.5 Å². The summed E-state index contributed by atoms with van der Waals surface area (Å²) < 4.78 is 12.4. The number of methoxy groups -OCH3 is 2. The molecular formula is C22H25ClN4O3. The maximum Gasteiger partial charge on any atom is 0.323 e. The highest BCUT2D eigenvalue weighted by molar-refractivity contribution is 6.32. The minimum absolute atomic E-state index is 0.367. The van der Waals surface area contributed by atoms with Crippen molar-refractivity contribution in [1.29, 1.82) is 0 Å². The van der Waals surface area contributed by atoms with E-state index < -0.39 is 6.03 Å². The number of halogens is 1. The molecule has 158 valence electrons. The minimum atomic E-state index is -0.421. The molecule has 0 atom stereocenters. The average molecular weight is 429 g/mol. The van der Waals surface area contributed by atoms with Crippen molar-refractivity contribution in [2.24, 2.45) is 0 Å². The molecule has 2 amide bonds. The largest absolute Gasteiger partial charge is 0.495 e. The molecule has 0 saturated heterocycles. The molecule has 2 N–H and O–H groups in total. The number of rotatable bonds is 6. The Morgan fingerprint density at radius 2 is 1.70 bits per heavy atom. The zero-order chi connectivity index (χ0) is 21.8. The normalized spacial score (nSPS) is 10.6. The lowest BCUT2D eigenvalue weighted by molar-refractivity contribution is 0.262. The van der Waals surface area contributed by atoms with Gasteiger partial charge in [-0.3, -0.25) is 4.68 Å². The number of anilines is 2. The Labute approximate surface area is 180 Å². The highest BCUT2D eigenvalue weighted by Gasteiger charge is 2.17. The number of nitrogens with one attached hydrogen (secondary N) is 2. The van der Waals surface area contributed by atoms with Gasteiger partial charge >= 0.3 is 6.03 Å². The van der Waals surface area contributed by atoms with Crippen LogP contribution >= 0.6 is 11.6 Å². The van der Waals surface area contributed by atoms with E-state index in [0.717, 1.165) is 17.0 Å². The number of urea groups is 1. The van der Waals surface area contributed by atoms with E-state index in [2.05, 4.69) is 46.9 Å². The van der Waals surface area contributed by atoms with Crippen molar-refractivity contribution < 1.29 is 14.3 Å². The van der Waals surface area contributed by atoms with Gasteiger partial charge in [-0.05, 0) is 32.4 Å². The Balaban J connectivity index is 1.77. The number of nitrogens with zero attached hydrogens (tertiary/aromatic N) is 2. The van der Waals surface area contributed by atoms with Gasteiger partial charge in [-0.25, -0.2) is 4.79 Å². The van der Waals surface area contributed by atoms with Crippen LogP contribution in [-0.2, 0) is 6.54 Å². The van der Waals surface area contributed by atoms with Crippen molar-refractivity contribution in [1.82, 2.24) is 9.78 Å². The molecule has 0 bridgehead atoms. The topological polar surface area (TPSA) is 77.4 Å². The second-order valence-electron chi connectivity index (χ2n) is 6.96.